The summed E-state index contributed by atoms with van der Waals surface area (Å²) in [6.45, 7) is 7.61. The van der Waals surface area contributed by atoms with E-state index in [1.54, 1.807) is 13.8 Å². The number of nitrogens with one attached hydrogen (secondary N) is 1. The third-order valence-corrected chi connectivity index (χ3v) is 5.07. The zero-order valence-corrected chi connectivity index (χ0v) is 15.2. The third-order valence-electron chi connectivity index (χ3n) is 5.07. The van der Waals surface area contributed by atoms with Crippen LogP contribution in [0.4, 0.5) is 0 Å². The van der Waals surface area contributed by atoms with E-state index in [1.165, 1.54) is 5.57 Å². The Hall–Kier alpha value is -2.20. The first kappa shape index (κ1) is 17.6. The van der Waals surface area contributed by atoms with Crippen LogP contribution in [0.15, 0.2) is 29.8 Å². The van der Waals surface area contributed by atoms with Crippen molar-refractivity contribution in [3.05, 3.63) is 46.7 Å². The predicted octanol–water partition coefficient (Wildman–Crippen LogP) is 3.93. The fourth-order valence-electron chi connectivity index (χ4n) is 3.68. The van der Waals surface area contributed by atoms with Gasteiger partial charge in [0.25, 0.3) is 0 Å². The molecule has 3 unspecified atom stereocenters. The van der Waals surface area contributed by atoms with E-state index < -0.39 is 17.8 Å². The number of H-pyrrole nitrogens is 1. The molecule has 4 heteroatoms. The molecule has 1 heterocycles. The SMILES string of the molecule is CC(C)=CCc1ccc2[nH]c3c(c2c1)C(=O)C(=O)C(C)C3CC(C)O. The molecule has 0 amide bonds. The van der Waals surface area contributed by atoms with Gasteiger partial charge in [0.2, 0.25) is 11.6 Å². The topological polar surface area (TPSA) is 70.2 Å². The smallest absolute Gasteiger partial charge is 0.231 e. The molecule has 0 aliphatic heterocycles. The van der Waals surface area contributed by atoms with Gasteiger partial charge in [-0.2, -0.15) is 0 Å². The van der Waals surface area contributed by atoms with Gasteiger partial charge in [-0.05, 0) is 51.3 Å². The van der Waals surface area contributed by atoms with E-state index in [1.807, 2.05) is 18.2 Å². The van der Waals surface area contributed by atoms with Gasteiger partial charge >= 0.3 is 0 Å². The minimum absolute atomic E-state index is 0.158. The second kappa shape index (κ2) is 6.60. The van der Waals surface area contributed by atoms with E-state index >= 15 is 0 Å². The normalized spacial score (nSPS) is 21.3. The van der Waals surface area contributed by atoms with Gasteiger partial charge in [-0.15, -0.1) is 0 Å². The molecule has 1 aromatic carbocycles. The Kier molecular flexibility index (Phi) is 4.65. The highest BCUT2D eigenvalue weighted by Gasteiger charge is 2.41. The number of rotatable bonds is 4. The number of carbonyl (C=O) groups excluding carboxylic acids is 2. The molecule has 2 N–H and O–H groups in total. The number of fused-ring (bicyclic) bond motifs is 3. The molecule has 1 aliphatic carbocycles. The van der Waals surface area contributed by atoms with Crippen molar-refractivity contribution in [3.8, 4) is 0 Å². The molecule has 0 radical (unpaired) electrons. The van der Waals surface area contributed by atoms with Gasteiger partial charge in [0.1, 0.15) is 0 Å². The summed E-state index contributed by atoms with van der Waals surface area (Å²) in [4.78, 5) is 28.5. The van der Waals surface area contributed by atoms with E-state index in [0.717, 1.165) is 28.6 Å². The van der Waals surface area contributed by atoms with E-state index in [9.17, 15) is 14.7 Å². The van der Waals surface area contributed by atoms with Crippen LogP contribution < -0.4 is 0 Å². The lowest BCUT2D eigenvalue weighted by Crippen LogP contribution is -2.34. The second-order valence-corrected chi connectivity index (χ2v) is 7.45. The van der Waals surface area contributed by atoms with Gasteiger partial charge in [0.05, 0.1) is 11.7 Å². The van der Waals surface area contributed by atoms with E-state index in [0.29, 0.717) is 12.0 Å². The number of ketones is 2. The Bertz CT molecular complexity index is 869. The number of aromatic nitrogens is 1. The monoisotopic (exact) mass is 339 g/mol. The molecule has 3 rings (SSSR count). The van der Waals surface area contributed by atoms with Crippen LogP contribution in [0, 0.1) is 5.92 Å². The molecule has 0 saturated heterocycles. The summed E-state index contributed by atoms with van der Waals surface area (Å²) in [5, 5.41) is 10.6. The van der Waals surface area contributed by atoms with Gasteiger partial charge in [0.15, 0.2) is 0 Å². The number of hydrogen-bond donors (Lipinski definition) is 2. The Morgan fingerprint density at radius 3 is 2.68 bits per heavy atom. The van der Waals surface area contributed by atoms with Crippen molar-refractivity contribution >= 4 is 22.5 Å². The summed E-state index contributed by atoms with van der Waals surface area (Å²) in [5.41, 5.74) is 4.53. The fourth-order valence-corrected chi connectivity index (χ4v) is 3.68. The lowest BCUT2D eigenvalue weighted by Gasteiger charge is -2.28. The fraction of sp³-hybridized carbons (Fsp3) is 0.429. The average Bonchev–Trinajstić information content (AvgIpc) is 2.93. The van der Waals surface area contributed by atoms with Crippen LogP contribution in [0.25, 0.3) is 10.9 Å². The van der Waals surface area contributed by atoms with Crippen molar-refractivity contribution in [2.45, 2.75) is 52.6 Å². The molecular weight excluding hydrogens is 314 g/mol. The lowest BCUT2D eigenvalue weighted by molar-refractivity contribution is -0.119. The van der Waals surface area contributed by atoms with Crippen molar-refractivity contribution in [3.63, 3.8) is 0 Å². The van der Waals surface area contributed by atoms with Crippen LogP contribution in [0.2, 0.25) is 0 Å². The number of aromatic amines is 1. The number of carbonyl (C=O) groups is 2. The minimum atomic E-state index is -0.527. The van der Waals surface area contributed by atoms with Crippen molar-refractivity contribution in [2.24, 2.45) is 5.92 Å². The average molecular weight is 339 g/mol. The van der Waals surface area contributed by atoms with Crippen molar-refractivity contribution in [1.29, 1.82) is 0 Å². The molecule has 0 fully saturated rings. The molecule has 4 nitrogen and oxygen atoms in total. The largest absolute Gasteiger partial charge is 0.393 e. The zero-order chi connectivity index (χ0) is 18.3. The Morgan fingerprint density at radius 2 is 2.04 bits per heavy atom. The first-order chi connectivity index (χ1) is 11.8. The zero-order valence-electron chi connectivity index (χ0n) is 15.2. The van der Waals surface area contributed by atoms with Crippen LogP contribution in [-0.2, 0) is 11.2 Å². The molecule has 3 atom stereocenters. The number of Topliss-reactive ketones (excluding diaryl/α,β-unsaturated/α-hetero) is 2. The Balaban J connectivity index is 2.14. The molecular formula is C21H25NO3. The van der Waals surface area contributed by atoms with Crippen LogP contribution in [0.5, 0.6) is 0 Å². The molecule has 1 aromatic heterocycles. The van der Waals surface area contributed by atoms with Crippen molar-refractivity contribution < 1.29 is 14.7 Å². The van der Waals surface area contributed by atoms with Crippen LogP contribution >= 0.6 is 0 Å². The Morgan fingerprint density at radius 1 is 1.32 bits per heavy atom. The molecule has 1 aliphatic rings. The molecule has 132 valence electrons. The van der Waals surface area contributed by atoms with Crippen molar-refractivity contribution in [1.82, 2.24) is 4.98 Å². The number of aliphatic hydroxyl groups is 1. The maximum Gasteiger partial charge on any atom is 0.231 e. The van der Waals surface area contributed by atoms with Gasteiger partial charge in [-0.1, -0.05) is 24.6 Å². The summed E-state index contributed by atoms with van der Waals surface area (Å²) in [6, 6.07) is 6.03. The summed E-state index contributed by atoms with van der Waals surface area (Å²) < 4.78 is 0. The molecule has 0 spiro atoms. The maximum absolute atomic E-state index is 12.7. The van der Waals surface area contributed by atoms with E-state index in [4.69, 9.17) is 0 Å². The second-order valence-electron chi connectivity index (χ2n) is 7.45. The van der Waals surface area contributed by atoms with E-state index in [-0.39, 0.29) is 11.7 Å². The van der Waals surface area contributed by atoms with Crippen LogP contribution in [-0.4, -0.2) is 27.8 Å². The third kappa shape index (κ3) is 3.19. The van der Waals surface area contributed by atoms with Crippen LogP contribution in [0.1, 0.15) is 61.6 Å². The maximum atomic E-state index is 12.7. The molecule has 0 saturated carbocycles. The first-order valence-electron chi connectivity index (χ1n) is 8.84. The number of hydrogen-bond acceptors (Lipinski definition) is 3. The highest BCUT2D eigenvalue weighted by Crippen LogP contribution is 2.40. The highest BCUT2D eigenvalue weighted by atomic mass is 16.3. The molecule has 0 bridgehead atoms. The summed E-state index contributed by atoms with van der Waals surface area (Å²) in [7, 11) is 0. The Labute approximate surface area is 147 Å². The van der Waals surface area contributed by atoms with Gasteiger partial charge in [0, 0.05) is 28.4 Å². The molecule has 2 aromatic rings. The minimum Gasteiger partial charge on any atom is -0.393 e. The van der Waals surface area contributed by atoms with Gasteiger partial charge in [-0.3, -0.25) is 9.59 Å². The number of aliphatic hydroxyl groups excluding tert-OH is 1. The quantitative estimate of drug-likeness (QED) is 0.655. The number of benzene rings is 1. The first-order valence-corrected chi connectivity index (χ1v) is 8.84. The number of allylic oxidation sites excluding steroid dienone is 2. The standard InChI is InChI=1S/C21H25NO3/c1-11(2)5-6-14-7-8-17-16(10-14)18-19(22-17)15(9-12(3)23)13(4)20(24)21(18)25/h5,7-8,10,12-13,15,22-23H,6,9H2,1-4H3. The van der Waals surface area contributed by atoms with Crippen LogP contribution in [0.3, 0.4) is 0 Å². The lowest BCUT2D eigenvalue weighted by atomic mass is 9.75. The van der Waals surface area contributed by atoms with Gasteiger partial charge in [-0.25, -0.2) is 0 Å². The molecule has 25 heavy (non-hydrogen) atoms. The van der Waals surface area contributed by atoms with Crippen molar-refractivity contribution in [2.75, 3.05) is 0 Å². The summed E-state index contributed by atoms with van der Waals surface area (Å²) in [5.74, 6) is -1.33. The highest BCUT2D eigenvalue weighted by molar-refractivity contribution is 6.47. The summed E-state index contributed by atoms with van der Waals surface area (Å²) >= 11 is 0. The van der Waals surface area contributed by atoms with E-state index in [2.05, 4.69) is 24.9 Å². The predicted molar refractivity (Wildman–Crippen MR) is 99.0 cm³/mol. The summed E-state index contributed by atoms with van der Waals surface area (Å²) in [6.07, 6.45) is 2.88. The van der Waals surface area contributed by atoms with Gasteiger partial charge < -0.3 is 10.1 Å².